The molecule has 0 radical (unpaired) electrons. The molecule has 0 fully saturated rings. The first kappa shape index (κ1) is 10.4. The second-order valence-corrected chi connectivity index (χ2v) is 3.68. The fraction of sp³-hybridized carbons (Fsp3) is 0.400. The van der Waals surface area contributed by atoms with E-state index in [1.807, 2.05) is 26.0 Å². The van der Waals surface area contributed by atoms with E-state index in [1.54, 1.807) is 7.11 Å². The molecule has 0 aliphatic heterocycles. The lowest BCUT2D eigenvalue weighted by Gasteiger charge is -2.13. The van der Waals surface area contributed by atoms with E-state index in [9.17, 15) is 0 Å². The van der Waals surface area contributed by atoms with Crippen LogP contribution >= 0.6 is 12.6 Å². The van der Waals surface area contributed by atoms with Crippen molar-refractivity contribution in [3.05, 3.63) is 28.8 Å². The normalized spacial score (nSPS) is 12.7. The second-order valence-electron chi connectivity index (χ2n) is 3.12. The smallest absolute Gasteiger partial charge is 0.122 e. The van der Waals surface area contributed by atoms with Gasteiger partial charge >= 0.3 is 0 Å². The van der Waals surface area contributed by atoms with E-state index in [-0.39, 0.29) is 5.37 Å². The molecule has 2 nitrogen and oxygen atoms in total. The summed E-state index contributed by atoms with van der Waals surface area (Å²) in [5.74, 6) is 0.898. The van der Waals surface area contributed by atoms with Crippen LogP contribution in [-0.4, -0.2) is 7.11 Å². The zero-order valence-corrected chi connectivity index (χ0v) is 9.06. The fourth-order valence-electron chi connectivity index (χ4n) is 1.35. The summed E-state index contributed by atoms with van der Waals surface area (Å²) in [7, 11) is 1.67. The molecule has 3 heteroatoms. The predicted octanol–water partition coefficient (Wildman–Crippen LogP) is 2.20. The summed E-state index contributed by atoms with van der Waals surface area (Å²) >= 11 is 4.21. The maximum absolute atomic E-state index is 5.70. The Bertz CT molecular complexity index is 310. The van der Waals surface area contributed by atoms with E-state index < -0.39 is 0 Å². The first-order valence-electron chi connectivity index (χ1n) is 4.15. The molecule has 0 heterocycles. The Morgan fingerprint density at radius 2 is 1.92 bits per heavy atom. The molecule has 0 saturated carbocycles. The maximum Gasteiger partial charge on any atom is 0.122 e. The molecule has 0 aromatic heterocycles. The highest BCUT2D eigenvalue weighted by molar-refractivity contribution is 7.80. The maximum atomic E-state index is 5.70. The highest BCUT2D eigenvalue weighted by Gasteiger charge is 2.07. The van der Waals surface area contributed by atoms with Crippen molar-refractivity contribution in [1.29, 1.82) is 0 Å². The van der Waals surface area contributed by atoms with Crippen LogP contribution in [0, 0.1) is 13.8 Å². The van der Waals surface area contributed by atoms with Gasteiger partial charge in [-0.1, -0.05) is 0 Å². The lowest BCUT2D eigenvalue weighted by atomic mass is 10.0. The minimum absolute atomic E-state index is 0.218. The first-order valence-corrected chi connectivity index (χ1v) is 4.66. The lowest BCUT2D eigenvalue weighted by Crippen LogP contribution is -2.05. The van der Waals surface area contributed by atoms with E-state index in [4.69, 9.17) is 10.5 Å². The van der Waals surface area contributed by atoms with Crippen LogP contribution in [0.25, 0.3) is 0 Å². The van der Waals surface area contributed by atoms with Crippen LogP contribution < -0.4 is 10.5 Å². The minimum Gasteiger partial charge on any atom is -0.496 e. The van der Waals surface area contributed by atoms with Crippen LogP contribution in [0.5, 0.6) is 5.75 Å². The Morgan fingerprint density at radius 3 is 2.38 bits per heavy atom. The van der Waals surface area contributed by atoms with Gasteiger partial charge in [-0.05, 0) is 42.7 Å². The van der Waals surface area contributed by atoms with Gasteiger partial charge in [0.1, 0.15) is 5.75 Å². The number of benzene rings is 1. The van der Waals surface area contributed by atoms with Crippen LogP contribution in [0.4, 0.5) is 0 Å². The van der Waals surface area contributed by atoms with Crippen molar-refractivity contribution >= 4 is 12.6 Å². The molecule has 0 bridgehead atoms. The third-order valence-electron chi connectivity index (χ3n) is 2.10. The zero-order chi connectivity index (χ0) is 10.0. The molecule has 0 saturated heterocycles. The van der Waals surface area contributed by atoms with Gasteiger partial charge in [0.25, 0.3) is 0 Å². The average molecular weight is 197 g/mol. The summed E-state index contributed by atoms with van der Waals surface area (Å²) in [6.07, 6.45) is 0. The SMILES string of the molecule is COc1cc(C)c(C(N)S)cc1C. The van der Waals surface area contributed by atoms with Gasteiger partial charge in [0, 0.05) is 0 Å². The van der Waals surface area contributed by atoms with Crippen LogP contribution in [0.1, 0.15) is 22.1 Å². The third kappa shape index (κ3) is 2.17. The van der Waals surface area contributed by atoms with Gasteiger partial charge in [-0.25, -0.2) is 0 Å². The van der Waals surface area contributed by atoms with E-state index in [1.165, 1.54) is 0 Å². The quantitative estimate of drug-likeness (QED) is 0.563. The Kier molecular flexibility index (Phi) is 3.22. The summed E-state index contributed by atoms with van der Waals surface area (Å²) in [4.78, 5) is 0. The Hall–Kier alpha value is -0.670. The van der Waals surface area contributed by atoms with Crippen molar-refractivity contribution in [1.82, 2.24) is 0 Å². The summed E-state index contributed by atoms with van der Waals surface area (Å²) in [6, 6.07) is 4.01. The van der Waals surface area contributed by atoms with Gasteiger partial charge in [0.05, 0.1) is 12.5 Å². The number of ether oxygens (including phenoxy) is 1. The number of aryl methyl sites for hydroxylation is 2. The van der Waals surface area contributed by atoms with E-state index in [0.29, 0.717) is 0 Å². The van der Waals surface area contributed by atoms with Crippen molar-refractivity contribution in [3.8, 4) is 5.75 Å². The molecule has 0 aliphatic rings. The van der Waals surface area contributed by atoms with Crippen LogP contribution in [0.3, 0.4) is 0 Å². The Balaban J connectivity index is 3.20. The number of thiol groups is 1. The topological polar surface area (TPSA) is 35.2 Å². The first-order chi connectivity index (χ1) is 6.06. The summed E-state index contributed by atoms with van der Waals surface area (Å²) in [5.41, 5.74) is 8.96. The third-order valence-corrected chi connectivity index (χ3v) is 2.38. The van der Waals surface area contributed by atoms with Crippen molar-refractivity contribution in [2.24, 2.45) is 5.73 Å². The molecule has 1 aromatic rings. The monoisotopic (exact) mass is 197 g/mol. The number of rotatable bonds is 2. The largest absolute Gasteiger partial charge is 0.496 e. The van der Waals surface area contributed by atoms with Crippen LogP contribution in [0.2, 0.25) is 0 Å². The minimum atomic E-state index is -0.218. The molecule has 1 rings (SSSR count). The number of methoxy groups -OCH3 is 1. The summed E-state index contributed by atoms with van der Waals surface area (Å²) in [5, 5.41) is -0.218. The fourth-order valence-corrected chi connectivity index (χ4v) is 1.63. The van der Waals surface area contributed by atoms with Crippen LogP contribution in [0.15, 0.2) is 12.1 Å². The van der Waals surface area contributed by atoms with Crippen molar-refractivity contribution in [2.75, 3.05) is 7.11 Å². The van der Waals surface area contributed by atoms with Gasteiger partial charge < -0.3 is 10.5 Å². The zero-order valence-electron chi connectivity index (χ0n) is 8.16. The van der Waals surface area contributed by atoms with Gasteiger partial charge in [-0.3, -0.25) is 0 Å². The van der Waals surface area contributed by atoms with Crippen molar-refractivity contribution < 1.29 is 4.74 Å². The molecule has 1 unspecified atom stereocenters. The Morgan fingerprint density at radius 1 is 1.31 bits per heavy atom. The summed E-state index contributed by atoms with van der Waals surface area (Å²) < 4.78 is 5.19. The molecule has 0 amide bonds. The molecule has 72 valence electrons. The molecular formula is C10H15NOS. The van der Waals surface area contributed by atoms with E-state index in [0.717, 1.165) is 22.4 Å². The van der Waals surface area contributed by atoms with Crippen molar-refractivity contribution in [3.63, 3.8) is 0 Å². The molecule has 0 spiro atoms. The van der Waals surface area contributed by atoms with E-state index >= 15 is 0 Å². The van der Waals surface area contributed by atoms with Crippen molar-refractivity contribution in [2.45, 2.75) is 19.2 Å². The molecule has 0 aliphatic carbocycles. The van der Waals surface area contributed by atoms with Gasteiger partial charge in [-0.2, -0.15) is 12.6 Å². The molecule has 1 atom stereocenters. The standard InChI is InChI=1S/C10H15NOS/c1-6-5-9(12-3)7(2)4-8(6)10(11)13/h4-5,10,13H,11H2,1-3H3. The van der Waals surface area contributed by atoms with Crippen LogP contribution in [-0.2, 0) is 0 Å². The number of hydrogen-bond donors (Lipinski definition) is 2. The lowest BCUT2D eigenvalue weighted by molar-refractivity contribution is 0.411. The molecule has 2 N–H and O–H groups in total. The molecule has 1 aromatic carbocycles. The number of nitrogens with two attached hydrogens (primary N) is 1. The highest BCUT2D eigenvalue weighted by atomic mass is 32.1. The second kappa shape index (κ2) is 4.03. The molecular weight excluding hydrogens is 182 g/mol. The van der Waals surface area contributed by atoms with Gasteiger partial charge in [0.2, 0.25) is 0 Å². The van der Waals surface area contributed by atoms with Gasteiger partial charge in [-0.15, -0.1) is 0 Å². The average Bonchev–Trinajstić information content (AvgIpc) is 2.07. The number of hydrogen-bond acceptors (Lipinski definition) is 3. The van der Waals surface area contributed by atoms with E-state index in [2.05, 4.69) is 12.6 Å². The highest BCUT2D eigenvalue weighted by Crippen LogP contribution is 2.26. The summed E-state index contributed by atoms with van der Waals surface area (Å²) in [6.45, 7) is 4.01. The predicted molar refractivity (Wildman–Crippen MR) is 58.4 cm³/mol. The Labute approximate surface area is 84.5 Å². The van der Waals surface area contributed by atoms with Gasteiger partial charge in [0.15, 0.2) is 0 Å². The molecule has 13 heavy (non-hydrogen) atoms.